The number of aromatic nitrogens is 2. The van der Waals surface area contributed by atoms with Gasteiger partial charge < -0.3 is 15.7 Å². The van der Waals surface area contributed by atoms with Crippen LogP contribution in [0.2, 0.25) is 0 Å². The summed E-state index contributed by atoms with van der Waals surface area (Å²) in [5.74, 6) is 1.59. The van der Waals surface area contributed by atoms with Gasteiger partial charge in [0, 0.05) is 42.2 Å². The molecule has 2 aliphatic rings. The molecule has 4 rings (SSSR count). The Balaban J connectivity index is 1.57. The number of rotatable bonds is 4. The van der Waals surface area contributed by atoms with Gasteiger partial charge in [-0.15, -0.1) is 0 Å². The van der Waals surface area contributed by atoms with Gasteiger partial charge in [-0.3, -0.25) is 4.98 Å². The lowest BCUT2D eigenvalue weighted by Crippen LogP contribution is -2.51. The molecule has 4 heterocycles. The number of nitrogens with zero attached hydrogens (tertiary/aromatic N) is 3. The molecule has 2 fully saturated rings. The van der Waals surface area contributed by atoms with E-state index >= 15 is 0 Å². The predicted molar refractivity (Wildman–Crippen MR) is 113 cm³/mol. The molecule has 4 atom stereocenters. The number of pyridine rings is 2. The van der Waals surface area contributed by atoms with Crippen LogP contribution in [-0.4, -0.2) is 72.4 Å². The average molecular weight is 420 g/mol. The highest BCUT2D eigenvalue weighted by Gasteiger charge is 2.32. The Labute approximate surface area is 171 Å². The number of hydrogen-bond donors (Lipinski definition) is 3. The van der Waals surface area contributed by atoms with Gasteiger partial charge in [-0.05, 0) is 44.0 Å². The normalized spacial score (nSPS) is 29.1. The molecule has 0 saturated carbocycles. The van der Waals surface area contributed by atoms with Crippen LogP contribution in [0.4, 0.5) is 5.82 Å². The highest BCUT2D eigenvalue weighted by molar-refractivity contribution is 7.88. The van der Waals surface area contributed by atoms with E-state index in [2.05, 4.69) is 22.5 Å². The Morgan fingerprint density at radius 2 is 2.14 bits per heavy atom. The van der Waals surface area contributed by atoms with E-state index in [4.69, 9.17) is 4.98 Å². The van der Waals surface area contributed by atoms with Crippen molar-refractivity contribution in [3.05, 3.63) is 30.2 Å². The van der Waals surface area contributed by atoms with Crippen LogP contribution >= 0.6 is 0 Å². The summed E-state index contributed by atoms with van der Waals surface area (Å²) in [5.41, 5.74) is 1.11. The van der Waals surface area contributed by atoms with Crippen LogP contribution in [0.3, 0.4) is 0 Å². The zero-order valence-electron chi connectivity index (χ0n) is 16.9. The van der Waals surface area contributed by atoms with Crippen LogP contribution < -0.4 is 10.6 Å². The summed E-state index contributed by atoms with van der Waals surface area (Å²) in [6.45, 7) is 4.73. The van der Waals surface area contributed by atoms with Crippen molar-refractivity contribution in [2.75, 3.05) is 37.8 Å². The van der Waals surface area contributed by atoms with Crippen molar-refractivity contribution in [3.8, 4) is 0 Å². The number of β-amino-alcohol motifs (C(OH)–C–C–N with tert-alkyl or cyclic N) is 1. The SMILES string of the molecule is C[C@@H]1CNCC[C@H]1c1nccc2cnc(N[C@@H]3CCN(S(C)(=O)=O)C[C@H]3O)cc12. The monoisotopic (exact) mass is 419 g/mol. The maximum atomic E-state index is 11.7. The summed E-state index contributed by atoms with van der Waals surface area (Å²) in [7, 11) is -3.29. The zero-order chi connectivity index (χ0) is 20.6. The maximum absolute atomic E-state index is 11.7. The largest absolute Gasteiger partial charge is 0.390 e. The van der Waals surface area contributed by atoms with E-state index in [9.17, 15) is 13.5 Å². The highest BCUT2D eigenvalue weighted by atomic mass is 32.2. The summed E-state index contributed by atoms with van der Waals surface area (Å²) in [5, 5.41) is 19.4. The Hall–Kier alpha value is -1.81. The molecule has 2 aromatic heterocycles. The van der Waals surface area contributed by atoms with Gasteiger partial charge in [-0.2, -0.15) is 4.31 Å². The van der Waals surface area contributed by atoms with E-state index in [1.54, 1.807) is 0 Å². The molecule has 3 N–H and O–H groups in total. The molecule has 0 bridgehead atoms. The maximum Gasteiger partial charge on any atom is 0.211 e. The Morgan fingerprint density at radius 1 is 1.31 bits per heavy atom. The van der Waals surface area contributed by atoms with E-state index in [0.29, 0.717) is 30.6 Å². The Morgan fingerprint density at radius 3 is 2.86 bits per heavy atom. The summed E-state index contributed by atoms with van der Waals surface area (Å²) in [4.78, 5) is 9.23. The van der Waals surface area contributed by atoms with Crippen LogP contribution in [0.5, 0.6) is 0 Å². The summed E-state index contributed by atoms with van der Waals surface area (Å²) < 4.78 is 24.8. The minimum absolute atomic E-state index is 0.101. The molecule has 0 amide bonds. The molecule has 158 valence electrons. The van der Waals surface area contributed by atoms with Gasteiger partial charge in [-0.25, -0.2) is 13.4 Å². The van der Waals surface area contributed by atoms with Crippen LogP contribution in [0.25, 0.3) is 10.8 Å². The lowest BCUT2D eigenvalue weighted by atomic mass is 9.83. The second kappa shape index (κ2) is 8.14. The van der Waals surface area contributed by atoms with Gasteiger partial charge in [0.25, 0.3) is 0 Å². The number of fused-ring (bicyclic) bond motifs is 1. The Kier molecular flexibility index (Phi) is 5.74. The highest BCUT2D eigenvalue weighted by Crippen LogP contribution is 2.34. The number of nitrogens with one attached hydrogen (secondary N) is 2. The van der Waals surface area contributed by atoms with Crippen molar-refractivity contribution >= 4 is 26.6 Å². The average Bonchev–Trinajstić information content (AvgIpc) is 2.69. The fraction of sp³-hybridized carbons (Fsp3) is 0.600. The van der Waals surface area contributed by atoms with Gasteiger partial charge >= 0.3 is 0 Å². The van der Waals surface area contributed by atoms with Crippen LogP contribution in [0.1, 0.15) is 31.4 Å². The molecule has 2 saturated heterocycles. The zero-order valence-corrected chi connectivity index (χ0v) is 17.7. The topological polar surface area (TPSA) is 107 Å². The molecule has 0 radical (unpaired) electrons. The quantitative estimate of drug-likeness (QED) is 0.682. The van der Waals surface area contributed by atoms with Crippen LogP contribution in [0, 0.1) is 5.92 Å². The second-order valence-corrected chi connectivity index (χ2v) is 10.3. The van der Waals surface area contributed by atoms with Crippen LogP contribution in [-0.2, 0) is 10.0 Å². The third-order valence-electron chi connectivity index (χ3n) is 6.16. The first-order valence-corrected chi connectivity index (χ1v) is 12.0. The summed E-state index contributed by atoms with van der Waals surface area (Å²) >= 11 is 0. The van der Waals surface area contributed by atoms with Crippen molar-refractivity contribution in [1.82, 2.24) is 19.6 Å². The first-order chi connectivity index (χ1) is 13.8. The first-order valence-electron chi connectivity index (χ1n) is 10.2. The lowest BCUT2D eigenvalue weighted by Gasteiger charge is -2.35. The van der Waals surface area contributed by atoms with Crippen molar-refractivity contribution in [2.45, 2.75) is 37.8 Å². The van der Waals surface area contributed by atoms with Crippen molar-refractivity contribution in [2.24, 2.45) is 5.92 Å². The molecular weight excluding hydrogens is 390 g/mol. The number of aliphatic hydroxyl groups excluding tert-OH is 1. The third kappa shape index (κ3) is 4.37. The molecule has 0 aromatic carbocycles. The second-order valence-electron chi connectivity index (χ2n) is 8.29. The van der Waals surface area contributed by atoms with Gasteiger partial charge in [0.2, 0.25) is 10.0 Å². The van der Waals surface area contributed by atoms with E-state index in [-0.39, 0.29) is 12.6 Å². The summed E-state index contributed by atoms with van der Waals surface area (Å²) in [6, 6.07) is 3.75. The molecular formula is C20H29N5O3S. The van der Waals surface area contributed by atoms with E-state index < -0.39 is 16.1 Å². The van der Waals surface area contributed by atoms with Crippen molar-refractivity contribution < 1.29 is 13.5 Å². The minimum Gasteiger partial charge on any atom is -0.390 e. The van der Waals surface area contributed by atoms with Crippen molar-refractivity contribution in [3.63, 3.8) is 0 Å². The minimum atomic E-state index is -3.29. The number of aliphatic hydroxyl groups is 1. The molecule has 9 heteroatoms. The first kappa shape index (κ1) is 20.5. The molecule has 2 aliphatic heterocycles. The standard InChI is InChI=1S/C20H29N5O3S/c1-13-10-21-6-4-15(13)20-16-9-19(23-11-14(16)3-7-22-20)24-17-5-8-25(12-18(17)26)29(2,27)28/h3,7,9,11,13,15,17-18,21,26H,4-6,8,10,12H2,1-2H3,(H,23,24)/t13-,15-,17-,18-/m1/s1. The van der Waals surface area contributed by atoms with Gasteiger partial charge in [0.15, 0.2) is 0 Å². The lowest BCUT2D eigenvalue weighted by molar-refractivity contribution is 0.0952. The molecule has 0 aliphatic carbocycles. The van der Waals surface area contributed by atoms with E-state index in [0.717, 1.165) is 36.0 Å². The number of anilines is 1. The number of sulfonamides is 1. The van der Waals surface area contributed by atoms with Gasteiger partial charge in [-0.1, -0.05) is 6.92 Å². The van der Waals surface area contributed by atoms with E-state index in [1.807, 2.05) is 24.5 Å². The van der Waals surface area contributed by atoms with Crippen LogP contribution in [0.15, 0.2) is 24.5 Å². The molecule has 29 heavy (non-hydrogen) atoms. The third-order valence-corrected chi connectivity index (χ3v) is 7.43. The van der Waals surface area contributed by atoms with E-state index in [1.165, 1.54) is 10.6 Å². The van der Waals surface area contributed by atoms with Gasteiger partial charge in [0.1, 0.15) is 5.82 Å². The Bertz CT molecular complexity index is 983. The fourth-order valence-electron chi connectivity index (χ4n) is 4.44. The molecule has 2 aromatic rings. The molecule has 8 nitrogen and oxygen atoms in total. The predicted octanol–water partition coefficient (Wildman–Crippen LogP) is 1.15. The summed E-state index contributed by atoms with van der Waals surface area (Å²) in [6.07, 6.45) is 5.67. The molecule has 0 unspecified atom stereocenters. The smallest absolute Gasteiger partial charge is 0.211 e. The number of piperidine rings is 2. The fourth-order valence-corrected chi connectivity index (χ4v) is 5.31. The number of hydrogen-bond acceptors (Lipinski definition) is 7. The van der Waals surface area contributed by atoms with Gasteiger partial charge in [0.05, 0.1) is 24.1 Å². The van der Waals surface area contributed by atoms with Crippen molar-refractivity contribution in [1.29, 1.82) is 0 Å². The molecule has 0 spiro atoms.